The quantitative estimate of drug-likeness (QED) is 0.461. The van der Waals surface area contributed by atoms with Crippen LogP contribution in [0.4, 0.5) is 0 Å². The number of methoxy groups -OCH3 is 1. The Morgan fingerprint density at radius 3 is 2.68 bits per heavy atom. The highest BCUT2D eigenvalue weighted by Gasteiger charge is 2.21. The van der Waals surface area contributed by atoms with Crippen molar-refractivity contribution in [3.63, 3.8) is 0 Å². The molecule has 7 nitrogen and oxygen atoms in total. The van der Waals surface area contributed by atoms with E-state index < -0.39 is 6.10 Å². The van der Waals surface area contributed by atoms with Crippen molar-refractivity contribution in [2.24, 2.45) is 0 Å². The Balaban J connectivity index is 1.35. The molecule has 0 fully saturated rings. The van der Waals surface area contributed by atoms with Crippen molar-refractivity contribution in [3.05, 3.63) is 93.5 Å². The molecule has 34 heavy (non-hydrogen) atoms. The topological polar surface area (TPSA) is 72.5 Å². The Morgan fingerprint density at radius 2 is 1.88 bits per heavy atom. The van der Waals surface area contributed by atoms with Crippen LogP contribution in [0.1, 0.15) is 22.3 Å². The lowest BCUT2D eigenvalue weighted by Crippen LogP contribution is -2.39. The van der Waals surface area contributed by atoms with Gasteiger partial charge in [-0.25, -0.2) is 9.78 Å². The Bertz CT molecular complexity index is 1360. The van der Waals surface area contributed by atoms with E-state index in [4.69, 9.17) is 4.74 Å². The van der Waals surface area contributed by atoms with E-state index >= 15 is 0 Å². The molecule has 2 aromatic heterocycles. The van der Waals surface area contributed by atoms with Crippen molar-refractivity contribution in [1.29, 1.82) is 0 Å². The summed E-state index contributed by atoms with van der Waals surface area (Å²) in [5, 5.41) is 11.0. The van der Waals surface area contributed by atoms with E-state index in [1.807, 2.05) is 36.4 Å². The Kier molecular flexibility index (Phi) is 6.22. The largest absolute Gasteiger partial charge is 0.497 e. The van der Waals surface area contributed by atoms with Crippen molar-refractivity contribution in [1.82, 2.24) is 19.0 Å². The fourth-order valence-electron chi connectivity index (χ4n) is 4.85. The Morgan fingerprint density at radius 1 is 1.06 bits per heavy atom. The maximum Gasteiger partial charge on any atom is 0.330 e. The summed E-state index contributed by atoms with van der Waals surface area (Å²) in [5.41, 5.74) is 6.15. The first-order valence-corrected chi connectivity index (χ1v) is 11.7. The minimum Gasteiger partial charge on any atom is -0.497 e. The van der Waals surface area contributed by atoms with Crippen molar-refractivity contribution >= 4 is 11.2 Å². The molecule has 7 heteroatoms. The number of rotatable bonds is 7. The molecule has 4 aromatic rings. The van der Waals surface area contributed by atoms with E-state index in [1.165, 1.54) is 16.7 Å². The minimum atomic E-state index is -0.663. The van der Waals surface area contributed by atoms with Crippen molar-refractivity contribution in [3.8, 4) is 5.75 Å². The van der Waals surface area contributed by atoms with Crippen LogP contribution in [0.25, 0.3) is 11.2 Å². The summed E-state index contributed by atoms with van der Waals surface area (Å²) in [6.07, 6.45) is 2.01. The molecule has 2 aromatic carbocycles. The molecule has 0 aliphatic carbocycles. The van der Waals surface area contributed by atoms with Crippen LogP contribution in [0.15, 0.2) is 65.6 Å². The third kappa shape index (κ3) is 4.49. The molecule has 1 unspecified atom stereocenters. The van der Waals surface area contributed by atoms with Gasteiger partial charge in [0.15, 0.2) is 5.65 Å². The summed E-state index contributed by atoms with van der Waals surface area (Å²) in [7, 11) is 1.63. The second-order valence-corrected chi connectivity index (χ2v) is 9.08. The summed E-state index contributed by atoms with van der Waals surface area (Å²) in [4.78, 5) is 20.1. The number of benzene rings is 2. The fourth-order valence-corrected chi connectivity index (χ4v) is 4.85. The molecule has 3 heterocycles. The molecule has 1 aliphatic rings. The maximum atomic E-state index is 13.4. The number of aromatic nitrogens is 3. The second kappa shape index (κ2) is 9.44. The van der Waals surface area contributed by atoms with Gasteiger partial charge in [0.2, 0.25) is 0 Å². The number of pyridine rings is 1. The first-order valence-electron chi connectivity index (χ1n) is 11.7. The summed E-state index contributed by atoms with van der Waals surface area (Å²) in [6, 6.07) is 18.0. The maximum absolute atomic E-state index is 13.4. The zero-order valence-corrected chi connectivity index (χ0v) is 19.6. The molecule has 0 radical (unpaired) electrons. The van der Waals surface area contributed by atoms with Crippen LogP contribution < -0.4 is 10.4 Å². The molecular weight excluding hydrogens is 428 g/mol. The van der Waals surface area contributed by atoms with Crippen molar-refractivity contribution in [2.75, 3.05) is 20.2 Å². The molecule has 5 rings (SSSR count). The smallest absolute Gasteiger partial charge is 0.330 e. The van der Waals surface area contributed by atoms with Gasteiger partial charge in [-0.1, -0.05) is 35.9 Å². The molecule has 0 spiro atoms. The van der Waals surface area contributed by atoms with E-state index in [-0.39, 0.29) is 12.2 Å². The van der Waals surface area contributed by atoms with Gasteiger partial charge < -0.3 is 9.84 Å². The molecule has 1 N–H and O–H groups in total. The van der Waals surface area contributed by atoms with Gasteiger partial charge in [0.25, 0.3) is 0 Å². The van der Waals surface area contributed by atoms with Crippen LogP contribution in [0.2, 0.25) is 0 Å². The van der Waals surface area contributed by atoms with Gasteiger partial charge in [0, 0.05) is 25.8 Å². The lowest BCUT2D eigenvalue weighted by atomic mass is 9.97. The number of aryl methyl sites for hydroxylation is 1. The molecule has 176 valence electrons. The Labute approximate surface area is 198 Å². The van der Waals surface area contributed by atoms with E-state index in [9.17, 15) is 9.90 Å². The number of aliphatic hydroxyl groups is 1. The molecule has 1 aliphatic heterocycles. The average molecular weight is 459 g/mol. The standard InChI is InChI=1S/C27H30N4O3/c1-19-5-8-21-11-13-29(16-22(21)14-19)17-23(32)18-30-25-4-3-12-28-26(25)31(27(30)33)15-20-6-9-24(34-2)10-7-20/h3-10,12,14,23,32H,11,13,15-18H2,1-2H3. The number of imidazole rings is 1. The van der Waals surface area contributed by atoms with Crippen molar-refractivity contribution in [2.45, 2.75) is 39.1 Å². The van der Waals surface area contributed by atoms with Crippen LogP contribution in [0, 0.1) is 6.92 Å². The highest BCUT2D eigenvalue weighted by molar-refractivity contribution is 5.71. The molecule has 0 amide bonds. The van der Waals surface area contributed by atoms with Gasteiger partial charge in [-0.2, -0.15) is 0 Å². The number of ether oxygens (including phenoxy) is 1. The first-order chi connectivity index (χ1) is 16.5. The van der Waals surface area contributed by atoms with Crippen LogP contribution in [0.5, 0.6) is 5.75 Å². The molecule has 0 saturated carbocycles. The predicted molar refractivity (Wildman–Crippen MR) is 132 cm³/mol. The summed E-state index contributed by atoms with van der Waals surface area (Å²) < 4.78 is 8.55. The molecular formula is C27H30N4O3. The van der Waals surface area contributed by atoms with E-state index in [0.29, 0.717) is 18.7 Å². The number of hydrogen-bond acceptors (Lipinski definition) is 5. The van der Waals surface area contributed by atoms with E-state index in [0.717, 1.165) is 36.3 Å². The first kappa shape index (κ1) is 22.4. The Hall–Kier alpha value is -3.42. The molecule has 0 bridgehead atoms. The number of fused-ring (bicyclic) bond motifs is 2. The summed E-state index contributed by atoms with van der Waals surface area (Å²) >= 11 is 0. The van der Waals surface area contributed by atoms with Gasteiger partial charge in [-0.05, 0) is 54.3 Å². The van der Waals surface area contributed by atoms with Crippen LogP contribution in [-0.4, -0.2) is 50.4 Å². The number of aliphatic hydroxyl groups excluding tert-OH is 1. The third-order valence-corrected chi connectivity index (χ3v) is 6.59. The second-order valence-electron chi connectivity index (χ2n) is 9.08. The fraction of sp³-hybridized carbons (Fsp3) is 0.333. The predicted octanol–water partition coefficient (Wildman–Crippen LogP) is 2.98. The summed E-state index contributed by atoms with van der Waals surface area (Å²) in [5.74, 6) is 0.773. The van der Waals surface area contributed by atoms with E-state index in [2.05, 4.69) is 35.0 Å². The number of β-amino-alcohol motifs (C(OH)–C–C–N with tert-alkyl or cyclic N) is 1. The highest BCUT2D eigenvalue weighted by atomic mass is 16.5. The normalized spacial score (nSPS) is 14.8. The lowest BCUT2D eigenvalue weighted by Gasteiger charge is -2.30. The summed E-state index contributed by atoms with van der Waals surface area (Å²) in [6.45, 7) is 4.99. The van der Waals surface area contributed by atoms with Gasteiger partial charge in [0.05, 0.1) is 31.8 Å². The van der Waals surface area contributed by atoms with Gasteiger partial charge in [-0.15, -0.1) is 0 Å². The zero-order chi connectivity index (χ0) is 23.7. The van der Waals surface area contributed by atoms with Crippen LogP contribution in [0.3, 0.4) is 0 Å². The van der Waals surface area contributed by atoms with Gasteiger partial charge in [0.1, 0.15) is 5.75 Å². The van der Waals surface area contributed by atoms with Gasteiger partial charge >= 0.3 is 5.69 Å². The van der Waals surface area contributed by atoms with Crippen LogP contribution >= 0.6 is 0 Å². The van der Waals surface area contributed by atoms with Crippen LogP contribution in [-0.2, 0) is 26.1 Å². The van der Waals surface area contributed by atoms with Gasteiger partial charge in [-0.3, -0.25) is 14.0 Å². The average Bonchev–Trinajstić information content (AvgIpc) is 3.10. The third-order valence-electron chi connectivity index (χ3n) is 6.59. The molecule has 1 atom stereocenters. The zero-order valence-electron chi connectivity index (χ0n) is 19.6. The number of nitrogens with zero attached hydrogens (tertiary/aromatic N) is 4. The number of hydrogen-bond donors (Lipinski definition) is 1. The minimum absolute atomic E-state index is 0.164. The van der Waals surface area contributed by atoms with E-state index in [1.54, 1.807) is 22.4 Å². The monoisotopic (exact) mass is 458 g/mol. The molecule has 0 saturated heterocycles. The lowest BCUT2D eigenvalue weighted by molar-refractivity contribution is 0.0917. The SMILES string of the molecule is COc1ccc(Cn2c(=O)n(CC(O)CN3CCc4ccc(C)cc4C3)c3cccnc32)cc1. The highest BCUT2D eigenvalue weighted by Crippen LogP contribution is 2.21. The van der Waals surface area contributed by atoms with Crippen molar-refractivity contribution < 1.29 is 9.84 Å².